The number of hydrogen-bond acceptors (Lipinski definition) is 6. The molecule has 55 heavy (non-hydrogen) atoms. The molecule has 0 aromatic carbocycles. The standard InChI is InChI=1S/C47H93N3O4S/c1-6-9-12-15-20-27-35-44(36-28-21-16-13-10-7-2)54-46(52)38-30-23-19-25-32-41-50(42-34-39-48-47(55)49(4)5)40-31-24-18-22-29-37-45(51)53-43-33-26-17-14-11-8-3/h44H,6-43H2,1-5H3,(H,48,55). The number of hydrogen-bond donors (Lipinski definition) is 1. The first-order valence-corrected chi connectivity index (χ1v) is 24.3. The molecule has 0 spiro atoms. The molecule has 0 aliphatic carbocycles. The number of nitrogens with one attached hydrogen (secondary N) is 1. The summed E-state index contributed by atoms with van der Waals surface area (Å²) in [6.45, 7) is 11.6. The lowest BCUT2D eigenvalue weighted by atomic mass is 10.0. The van der Waals surface area contributed by atoms with Crippen LogP contribution < -0.4 is 5.32 Å². The van der Waals surface area contributed by atoms with Crippen LogP contribution in [0.5, 0.6) is 0 Å². The maximum absolute atomic E-state index is 12.8. The quantitative estimate of drug-likeness (QED) is 0.0372. The third-order valence-corrected chi connectivity index (χ3v) is 11.4. The van der Waals surface area contributed by atoms with Crippen LogP contribution in [0.15, 0.2) is 0 Å². The highest BCUT2D eigenvalue weighted by Gasteiger charge is 2.14. The number of rotatable bonds is 42. The molecule has 0 aromatic rings. The summed E-state index contributed by atoms with van der Waals surface area (Å²) < 4.78 is 11.5. The summed E-state index contributed by atoms with van der Waals surface area (Å²) in [5, 5.41) is 4.17. The summed E-state index contributed by atoms with van der Waals surface area (Å²) in [4.78, 5) is 29.5. The van der Waals surface area contributed by atoms with E-state index in [0.29, 0.717) is 19.4 Å². The molecule has 0 unspecified atom stereocenters. The molecule has 0 aliphatic heterocycles. The normalized spacial score (nSPS) is 11.4. The lowest BCUT2D eigenvalue weighted by Gasteiger charge is -2.23. The average Bonchev–Trinajstić information content (AvgIpc) is 3.17. The Kier molecular flexibility index (Phi) is 41.1. The SMILES string of the molecule is CCCCCCCCOC(=O)CCCCCCCN(CCCCCCCC(=O)OC(CCCCCCCC)CCCCCCCC)CCCNC(=S)N(C)C. The third kappa shape index (κ3) is 39.2. The fraction of sp³-hybridized carbons (Fsp3) is 0.936. The summed E-state index contributed by atoms with van der Waals surface area (Å²) in [7, 11) is 3.96. The smallest absolute Gasteiger partial charge is 0.306 e. The van der Waals surface area contributed by atoms with Gasteiger partial charge in [-0.05, 0) is 96.1 Å². The Labute approximate surface area is 348 Å². The zero-order valence-corrected chi connectivity index (χ0v) is 38.2. The minimum absolute atomic E-state index is 0.0201. The van der Waals surface area contributed by atoms with Crippen molar-refractivity contribution in [3.63, 3.8) is 0 Å². The maximum Gasteiger partial charge on any atom is 0.306 e. The van der Waals surface area contributed by atoms with Gasteiger partial charge in [0.15, 0.2) is 5.11 Å². The van der Waals surface area contributed by atoms with Gasteiger partial charge in [0.25, 0.3) is 0 Å². The number of carbonyl (C=O) groups excluding carboxylic acids is 2. The van der Waals surface area contributed by atoms with E-state index in [1.165, 1.54) is 148 Å². The largest absolute Gasteiger partial charge is 0.466 e. The fourth-order valence-corrected chi connectivity index (χ4v) is 7.32. The predicted octanol–water partition coefficient (Wildman–Crippen LogP) is 13.1. The second-order valence-corrected chi connectivity index (χ2v) is 17.0. The van der Waals surface area contributed by atoms with Crippen LogP contribution >= 0.6 is 12.2 Å². The van der Waals surface area contributed by atoms with Crippen LogP contribution in [-0.4, -0.2) is 79.8 Å². The molecule has 0 aliphatic rings. The molecule has 0 heterocycles. The van der Waals surface area contributed by atoms with Crippen molar-refractivity contribution in [1.82, 2.24) is 15.1 Å². The number of ether oxygens (including phenoxy) is 2. The molecule has 0 aromatic heterocycles. The molecule has 0 fully saturated rings. The van der Waals surface area contributed by atoms with E-state index in [1.807, 2.05) is 19.0 Å². The zero-order valence-electron chi connectivity index (χ0n) is 37.4. The molecule has 7 nitrogen and oxygen atoms in total. The monoisotopic (exact) mass is 796 g/mol. The van der Waals surface area contributed by atoms with E-state index in [2.05, 4.69) is 31.0 Å². The van der Waals surface area contributed by atoms with Crippen LogP contribution in [0, 0.1) is 0 Å². The minimum Gasteiger partial charge on any atom is -0.466 e. The highest BCUT2D eigenvalue weighted by molar-refractivity contribution is 7.80. The van der Waals surface area contributed by atoms with Gasteiger partial charge in [-0.3, -0.25) is 9.59 Å². The molecular formula is C47H93N3O4S. The Balaban J connectivity index is 4.36. The molecule has 0 rings (SSSR count). The van der Waals surface area contributed by atoms with Crippen molar-refractivity contribution in [2.75, 3.05) is 46.9 Å². The molecule has 0 bridgehead atoms. The lowest BCUT2D eigenvalue weighted by molar-refractivity contribution is -0.150. The molecule has 0 amide bonds. The maximum atomic E-state index is 12.8. The first kappa shape index (κ1) is 53.6. The van der Waals surface area contributed by atoms with Crippen LogP contribution in [-0.2, 0) is 19.1 Å². The lowest BCUT2D eigenvalue weighted by Crippen LogP contribution is -2.36. The van der Waals surface area contributed by atoms with E-state index in [1.54, 1.807) is 0 Å². The molecule has 0 saturated heterocycles. The molecule has 326 valence electrons. The number of thiocarbonyl (C=S) groups is 1. The van der Waals surface area contributed by atoms with Crippen molar-refractivity contribution in [3.05, 3.63) is 0 Å². The van der Waals surface area contributed by atoms with E-state index < -0.39 is 0 Å². The van der Waals surface area contributed by atoms with Crippen LogP contribution in [0.1, 0.15) is 233 Å². The van der Waals surface area contributed by atoms with Gasteiger partial charge in [0.05, 0.1) is 6.61 Å². The van der Waals surface area contributed by atoms with Gasteiger partial charge >= 0.3 is 11.9 Å². The Morgan fingerprint density at radius 3 is 1.40 bits per heavy atom. The second kappa shape index (κ2) is 42.2. The van der Waals surface area contributed by atoms with E-state index in [-0.39, 0.29) is 18.0 Å². The van der Waals surface area contributed by atoms with E-state index >= 15 is 0 Å². The van der Waals surface area contributed by atoms with Crippen molar-refractivity contribution in [2.45, 2.75) is 239 Å². The zero-order chi connectivity index (χ0) is 40.5. The molecule has 8 heteroatoms. The summed E-state index contributed by atoms with van der Waals surface area (Å²) in [5.41, 5.74) is 0. The van der Waals surface area contributed by atoms with Crippen LogP contribution in [0.3, 0.4) is 0 Å². The van der Waals surface area contributed by atoms with Gasteiger partial charge < -0.3 is 24.6 Å². The Hall–Kier alpha value is -1.41. The Bertz CT molecular complexity index is 842. The first-order valence-electron chi connectivity index (χ1n) is 23.9. The predicted molar refractivity (Wildman–Crippen MR) is 241 cm³/mol. The van der Waals surface area contributed by atoms with Gasteiger partial charge in [-0.1, -0.05) is 156 Å². The summed E-state index contributed by atoms with van der Waals surface area (Å²) in [5.74, 6) is 0.00666. The van der Waals surface area contributed by atoms with Crippen molar-refractivity contribution in [1.29, 1.82) is 0 Å². The van der Waals surface area contributed by atoms with Crippen molar-refractivity contribution >= 4 is 29.3 Å². The van der Waals surface area contributed by atoms with Crippen LogP contribution in [0.2, 0.25) is 0 Å². The highest BCUT2D eigenvalue weighted by Crippen LogP contribution is 2.18. The summed E-state index contributed by atoms with van der Waals surface area (Å²) >= 11 is 5.40. The highest BCUT2D eigenvalue weighted by atomic mass is 32.1. The Morgan fingerprint density at radius 2 is 0.909 bits per heavy atom. The number of unbranched alkanes of at least 4 members (excludes halogenated alkanes) is 23. The van der Waals surface area contributed by atoms with E-state index in [0.717, 1.165) is 82.7 Å². The van der Waals surface area contributed by atoms with Gasteiger partial charge in [-0.2, -0.15) is 0 Å². The van der Waals surface area contributed by atoms with Crippen molar-refractivity contribution in [3.8, 4) is 0 Å². The van der Waals surface area contributed by atoms with E-state index in [4.69, 9.17) is 21.7 Å². The summed E-state index contributed by atoms with van der Waals surface area (Å²) in [6.07, 6.45) is 38.4. The first-order chi connectivity index (χ1) is 26.8. The average molecular weight is 796 g/mol. The van der Waals surface area contributed by atoms with Crippen LogP contribution in [0.25, 0.3) is 0 Å². The van der Waals surface area contributed by atoms with Crippen molar-refractivity contribution < 1.29 is 19.1 Å². The molecule has 0 radical (unpaired) electrons. The van der Waals surface area contributed by atoms with Crippen molar-refractivity contribution in [2.24, 2.45) is 0 Å². The minimum atomic E-state index is -0.0201. The number of esters is 2. The number of nitrogens with zero attached hydrogens (tertiary/aromatic N) is 2. The molecule has 0 atom stereocenters. The van der Waals surface area contributed by atoms with Gasteiger partial charge in [0.1, 0.15) is 6.10 Å². The molecule has 1 N–H and O–H groups in total. The second-order valence-electron chi connectivity index (χ2n) is 16.6. The fourth-order valence-electron chi connectivity index (χ4n) is 7.21. The van der Waals surface area contributed by atoms with Gasteiger partial charge in [0, 0.05) is 33.5 Å². The molecule has 0 saturated carbocycles. The number of carbonyl (C=O) groups is 2. The van der Waals surface area contributed by atoms with Gasteiger partial charge in [0.2, 0.25) is 0 Å². The summed E-state index contributed by atoms with van der Waals surface area (Å²) in [6, 6.07) is 0. The topological polar surface area (TPSA) is 71.1 Å². The molecular weight excluding hydrogens is 703 g/mol. The Morgan fingerprint density at radius 1 is 0.509 bits per heavy atom. The third-order valence-electron chi connectivity index (χ3n) is 10.9. The van der Waals surface area contributed by atoms with Gasteiger partial charge in [-0.25, -0.2) is 0 Å². The van der Waals surface area contributed by atoms with E-state index in [9.17, 15) is 9.59 Å². The van der Waals surface area contributed by atoms with Crippen LogP contribution in [0.4, 0.5) is 0 Å². The van der Waals surface area contributed by atoms with Gasteiger partial charge in [-0.15, -0.1) is 0 Å².